The summed E-state index contributed by atoms with van der Waals surface area (Å²) in [6, 6.07) is 0. The third-order valence-electron chi connectivity index (χ3n) is 9.71. The van der Waals surface area contributed by atoms with Gasteiger partial charge in [0.25, 0.3) is 0 Å². The van der Waals surface area contributed by atoms with E-state index in [4.69, 9.17) is 6.42 Å². The summed E-state index contributed by atoms with van der Waals surface area (Å²) in [7, 11) is 2.03. The van der Waals surface area contributed by atoms with Crippen LogP contribution in [0.1, 0.15) is 78.1 Å². The van der Waals surface area contributed by atoms with Crippen LogP contribution in [0, 0.1) is 59.2 Å². The molecule has 28 heavy (non-hydrogen) atoms. The fourth-order valence-electron chi connectivity index (χ4n) is 8.33. The zero-order valence-corrected chi connectivity index (χ0v) is 18.5. The smallest absolute Gasteiger partial charge is 0.137 e. The standard InChI is InChI=1S/C26H41NO/c1-5-15-27(4)16-13-25(28)24-11-10-23-22-9-7-19-17-18(2)6-8-20(19)21(22)12-14-26(23,24)3/h1,18-24H,6-17H2,2-4H3/t18-,19+,20-,21?,22+,23-,24+,26-/m0/s1. The summed E-state index contributed by atoms with van der Waals surface area (Å²) in [5, 5.41) is 0. The monoisotopic (exact) mass is 383 g/mol. The van der Waals surface area contributed by atoms with Crippen molar-refractivity contribution < 1.29 is 4.79 Å². The fourth-order valence-corrected chi connectivity index (χ4v) is 8.33. The molecule has 4 rings (SSSR count). The zero-order valence-electron chi connectivity index (χ0n) is 18.5. The first kappa shape index (κ1) is 20.5. The summed E-state index contributed by atoms with van der Waals surface area (Å²) in [4.78, 5) is 15.3. The molecule has 4 fully saturated rings. The number of fused-ring (bicyclic) bond motifs is 5. The lowest BCUT2D eigenvalue weighted by Gasteiger charge is -2.56. The Morgan fingerprint density at radius 2 is 1.86 bits per heavy atom. The van der Waals surface area contributed by atoms with Crippen LogP contribution in [-0.4, -0.2) is 30.8 Å². The molecule has 0 radical (unpaired) electrons. The van der Waals surface area contributed by atoms with Crippen LogP contribution in [0.2, 0.25) is 0 Å². The third-order valence-corrected chi connectivity index (χ3v) is 9.71. The average molecular weight is 384 g/mol. The van der Waals surface area contributed by atoms with Gasteiger partial charge >= 0.3 is 0 Å². The van der Waals surface area contributed by atoms with Crippen LogP contribution < -0.4 is 0 Å². The first-order valence-corrected chi connectivity index (χ1v) is 12.1. The van der Waals surface area contributed by atoms with Gasteiger partial charge in [-0.05, 0) is 99.3 Å². The highest BCUT2D eigenvalue weighted by atomic mass is 16.1. The van der Waals surface area contributed by atoms with Gasteiger partial charge in [0.05, 0.1) is 6.54 Å². The molecule has 4 saturated carbocycles. The van der Waals surface area contributed by atoms with Crippen LogP contribution in [0.4, 0.5) is 0 Å². The molecule has 8 atom stereocenters. The van der Waals surface area contributed by atoms with Crippen molar-refractivity contribution in [1.82, 2.24) is 4.90 Å². The quantitative estimate of drug-likeness (QED) is 0.591. The Bertz CT molecular complexity index is 620. The molecule has 0 aromatic rings. The van der Waals surface area contributed by atoms with Gasteiger partial charge in [0.15, 0.2) is 0 Å². The zero-order chi connectivity index (χ0) is 19.9. The topological polar surface area (TPSA) is 20.3 Å². The van der Waals surface area contributed by atoms with E-state index in [1.807, 2.05) is 7.05 Å². The van der Waals surface area contributed by atoms with E-state index < -0.39 is 0 Å². The minimum absolute atomic E-state index is 0.276. The van der Waals surface area contributed by atoms with Crippen molar-refractivity contribution in [3.8, 4) is 12.3 Å². The molecule has 1 unspecified atom stereocenters. The number of carbonyl (C=O) groups excluding carboxylic acids is 1. The maximum atomic E-state index is 13.2. The van der Waals surface area contributed by atoms with E-state index in [0.29, 0.717) is 24.7 Å². The van der Waals surface area contributed by atoms with Crippen molar-refractivity contribution in [3.63, 3.8) is 0 Å². The number of ketones is 1. The molecule has 0 aliphatic heterocycles. The normalized spacial score (nSPS) is 45.0. The maximum absolute atomic E-state index is 13.2. The molecule has 0 saturated heterocycles. The average Bonchev–Trinajstić information content (AvgIpc) is 3.03. The Morgan fingerprint density at radius 1 is 1.07 bits per heavy atom. The maximum Gasteiger partial charge on any atom is 0.137 e. The molecule has 0 aromatic carbocycles. The number of rotatable bonds is 5. The molecule has 0 N–H and O–H groups in total. The second-order valence-corrected chi connectivity index (χ2v) is 11.2. The molecular weight excluding hydrogens is 342 g/mol. The molecule has 2 nitrogen and oxygen atoms in total. The number of hydrogen-bond acceptors (Lipinski definition) is 2. The van der Waals surface area contributed by atoms with Crippen LogP contribution in [0.15, 0.2) is 0 Å². The summed E-state index contributed by atoms with van der Waals surface area (Å²) in [6.07, 6.45) is 18.6. The van der Waals surface area contributed by atoms with E-state index in [1.165, 1.54) is 51.4 Å². The molecule has 2 heteroatoms. The number of carbonyl (C=O) groups is 1. The second-order valence-electron chi connectivity index (χ2n) is 11.2. The predicted octanol–water partition coefficient (Wildman–Crippen LogP) is 5.42. The lowest BCUT2D eigenvalue weighted by Crippen LogP contribution is -2.49. The third kappa shape index (κ3) is 3.58. The van der Waals surface area contributed by atoms with Crippen molar-refractivity contribution >= 4 is 5.78 Å². The summed E-state index contributed by atoms with van der Waals surface area (Å²) in [5.74, 6) is 9.18. The Kier molecular flexibility index (Phi) is 5.95. The Labute approximate surface area is 173 Å². The lowest BCUT2D eigenvalue weighted by atomic mass is 9.49. The molecule has 4 aliphatic rings. The van der Waals surface area contributed by atoms with Gasteiger partial charge in [0, 0.05) is 18.9 Å². The van der Waals surface area contributed by atoms with E-state index in [9.17, 15) is 4.79 Å². The second kappa shape index (κ2) is 8.14. The van der Waals surface area contributed by atoms with Gasteiger partial charge in [-0.2, -0.15) is 0 Å². The molecule has 0 bridgehead atoms. The van der Waals surface area contributed by atoms with E-state index >= 15 is 0 Å². The van der Waals surface area contributed by atoms with Crippen LogP contribution >= 0.6 is 0 Å². The summed E-state index contributed by atoms with van der Waals surface area (Å²) in [6.45, 7) is 6.41. The van der Waals surface area contributed by atoms with Crippen molar-refractivity contribution in [2.45, 2.75) is 78.1 Å². The molecule has 0 spiro atoms. The Balaban J connectivity index is 1.42. The van der Waals surface area contributed by atoms with Crippen LogP contribution in [0.5, 0.6) is 0 Å². The van der Waals surface area contributed by atoms with Gasteiger partial charge in [-0.3, -0.25) is 9.69 Å². The number of terminal acetylenes is 1. The Hall–Kier alpha value is -0.810. The lowest BCUT2D eigenvalue weighted by molar-refractivity contribution is -0.130. The van der Waals surface area contributed by atoms with Gasteiger partial charge in [-0.25, -0.2) is 0 Å². The minimum Gasteiger partial charge on any atom is -0.299 e. The van der Waals surface area contributed by atoms with Gasteiger partial charge in [0.2, 0.25) is 0 Å². The van der Waals surface area contributed by atoms with Gasteiger partial charge in [0.1, 0.15) is 5.78 Å². The minimum atomic E-state index is 0.276. The van der Waals surface area contributed by atoms with Crippen LogP contribution in [0.25, 0.3) is 0 Å². The van der Waals surface area contributed by atoms with Crippen molar-refractivity contribution in [3.05, 3.63) is 0 Å². The molecule has 0 amide bonds. The van der Waals surface area contributed by atoms with Crippen LogP contribution in [-0.2, 0) is 4.79 Å². The molecule has 0 aromatic heterocycles. The van der Waals surface area contributed by atoms with Crippen molar-refractivity contribution in [2.24, 2.45) is 46.8 Å². The van der Waals surface area contributed by atoms with E-state index in [-0.39, 0.29) is 5.41 Å². The SMILES string of the molecule is C#CCN(C)CCC(=O)[C@H]1CC[C@H]2[C@@H]3CC[C@@H]4C[C@@H](C)CC[C@@H]4C3CC[C@]12C. The van der Waals surface area contributed by atoms with E-state index in [2.05, 4.69) is 24.7 Å². The fraction of sp³-hybridized carbons (Fsp3) is 0.885. The molecule has 156 valence electrons. The number of hydrogen-bond donors (Lipinski definition) is 0. The summed E-state index contributed by atoms with van der Waals surface area (Å²) in [5.41, 5.74) is 0.276. The first-order chi connectivity index (χ1) is 13.4. The molecule has 4 aliphatic carbocycles. The van der Waals surface area contributed by atoms with E-state index in [0.717, 1.165) is 48.5 Å². The molecular formula is C26H41NO. The first-order valence-electron chi connectivity index (χ1n) is 12.1. The van der Waals surface area contributed by atoms with E-state index in [1.54, 1.807) is 0 Å². The highest BCUT2D eigenvalue weighted by Crippen LogP contribution is 2.64. The van der Waals surface area contributed by atoms with Gasteiger partial charge < -0.3 is 0 Å². The molecule has 0 heterocycles. The van der Waals surface area contributed by atoms with Crippen molar-refractivity contribution in [1.29, 1.82) is 0 Å². The number of Topliss-reactive ketones (excluding diaryl/α,β-unsaturated/α-hetero) is 1. The van der Waals surface area contributed by atoms with Crippen LogP contribution in [0.3, 0.4) is 0 Å². The Morgan fingerprint density at radius 3 is 2.64 bits per heavy atom. The van der Waals surface area contributed by atoms with Gasteiger partial charge in [-0.15, -0.1) is 6.42 Å². The van der Waals surface area contributed by atoms with Crippen molar-refractivity contribution in [2.75, 3.05) is 20.1 Å². The highest BCUT2D eigenvalue weighted by molar-refractivity contribution is 5.82. The predicted molar refractivity (Wildman–Crippen MR) is 116 cm³/mol. The largest absolute Gasteiger partial charge is 0.299 e. The highest BCUT2D eigenvalue weighted by Gasteiger charge is 2.58. The van der Waals surface area contributed by atoms with Gasteiger partial charge in [-0.1, -0.05) is 26.2 Å². The number of nitrogens with zero attached hydrogens (tertiary/aromatic N) is 1. The summed E-state index contributed by atoms with van der Waals surface area (Å²) >= 11 is 0. The summed E-state index contributed by atoms with van der Waals surface area (Å²) < 4.78 is 0.